The van der Waals surface area contributed by atoms with E-state index in [0.29, 0.717) is 12.2 Å². The van der Waals surface area contributed by atoms with Crippen molar-refractivity contribution in [3.8, 4) is 0 Å². The molecule has 1 aliphatic rings. The maximum Gasteiger partial charge on any atom is 0.481 e. The molecule has 1 aliphatic heterocycles. The first-order valence-electron chi connectivity index (χ1n) is 19.0. The molecule has 7 unspecified atom stereocenters. The third kappa shape index (κ3) is 18.9. The van der Waals surface area contributed by atoms with Crippen LogP contribution in [0.4, 0.5) is 5.82 Å². The van der Waals surface area contributed by atoms with Gasteiger partial charge in [-0.15, -0.1) is 0 Å². The maximum absolute atomic E-state index is 12.7. The Morgan fingerprint density at radius 3 is 2.27 bits per heavy atom. The van der Waals surface area contributed by atoms with Crippen LogP contribution in [-0.4, -0.2) is 134 Å². The zero-order valence-corrected chi connectivity index (χ0v) is 37.5. The van der Waals surface area contributed by atoms with Crippen LogP contribution in [0.1, 0.15) is 65.0 Å². The van der Waals surface area contributed by atoms with E-state index in [-0.39, 0.29) is 41.6 Å². The van der Waals surface area contributed by atoms with Crippen molar-refractivity contribution < 1.29 is 90.4 Å². The average molecular weight is 976 g/mol. The molecule has 7 atom stereocenters. The molecule has 0 radical (unpaired) electrons. The molecule has 1 fully saturated rings. The molecule has 2 amide bonds. The van der Waals surface area contributed by atoms with Crippen molar-refractivity contribution in [1.29, 1.82) is 0 Å². The number of hydrogen-bond acceptors (Lipinski definition) is 19. The van der Waals surface area contributed by atoms with E-state index >= 15 is 0 Å². The van der Waals surface area contributed by atoms with E-state index in [1.807, 2.05) is 0 Å². The summed E-state index contributed by atoms with van der Waals surface area (Å²) in [7, 11) is -16.4. The Kier molecular flexibility index (Phi) is 21.1. The average Bonchev–Trinajstić information content (AvgIpc) is 3.75. The number of carbonyl (C=O) groups excluding carboxylic acids is 3. The van der Waals surface area contributed by atoms with Crippen LogP contribution < -0.4 is 16.4 Å². The lowest BCUT2D eigenvalue weighted by atomic mass is 9.87. The number of rotatable bonds is 28. The molecule has 1 saturated heterocycles. The number of aromatic nitrogens is 4. The Morgan fingerprint density at radius 1 is 0.968 bits per heavy atom. The molecule has 2 aromatic rings. The van der Waals surface area contributed by atoms with E-state index in [0.717, 1.165) is 67.2 Å². The summed E-state index contributed by atoms with van der Waals surface area (Å²) in [6.07, 6.45) is 4.05. The highest BCUT2D eigenvalue weighted by atomic mass is 32.2. The van der Waals surface area contributed by atoms with Gasteiger partial charge in [-0.3, -0.25) is 32.5 Å². The van der Waals surface area contributed by atoms with E-state index in [1.165, 1.54) is 19.9 Å². The molecule has 30 heteroatoms. The van der Waals surface area contributed by atoms with Crippen molar-refractivity contribution in [1.82, 2.24) is 30.2 Å². The molecule has 2 aromatic heterocycles. The summed E-state index contributed by atoms with van der Waals surface area (Å²) in [5.41, 5.74) is 4.23. The van der Waals surface area contributed by atoms with Crippen LogP contribution in [0.5, 0.6) is 0 Å². The maximum atomic E-state index is 12.7. The van der Waals surface area contributed by atoms with Gasteiger partial charge in [0.15, 0.2) is 17.7 Å². The van der Waals surface area contributed by atoms with Crippen LogP contribution in [0, 0.1) is 5.41 Å². The third-order valence-corrected chi connectivity index (χ3v) is 12.7. The smallest absolute Gasteiger partial charge is 0.478 e. The highest BCUT2D eigenvalue weighted by Crippen LogP contribution is 2.61. The van der Waals surface area contributed by atoms with Crippen LogP contribution >= 0.6 is 35.2 Å². The highest BCUT2D eigenvalue weighted by molar-refractivity contribution is 8.14. The standard InChI is InChI=1S/C33H52N7O19P3S/c1-33(2,28(46)31(47)36-14-13-22(41)35-15-16-63-24(44)12-10-8-6-4-3-5-7-9-11-23(42)43)18-56-62(53,54)59-61(51,52)55-17-21-27(58-60(48,49)50)26(45)32(57-21)40-20-39-25-29(34)37-19-38-30(25)40/h9-12,19-21,26-28,32,45-46H,3-8,13-18H2,1-2H3,(H,35,41)(H,36,47)(H,42,43)(H,51,52)(H,53,54)(H2,34,37,38)(H2,48,49,50)/b11-9+,12-10+. The number of amides is 2. The van der Waals surface area contributed by atoms with Crippen molar-refractivity contribution in [2.45, 2.75) is 89.4 Å². The number of imidazole rings is 1. The van der Waals surface area contributed by atoms with E-state index < -0.39 is 90.5 Å². The highest BCUT2D eigenvalue weighted by Gasteiger charge is 2.50. The number of phosphoric acid groups is 3. The van der Waals surface area contributed by atoms with Crippen LogP contribution in [-0.2, 0) is 55.5 Å². The van der Waals surface area contributed by atoms with Crippen LogP contribution in [0.3, 0.4) is 0 Å². The van der Waals surface area contributed by atoms with Crippen molar-refractivity contribution in [3.63, 3.8) is 0 Å². The molecular weight excluding hydrogens is 923 g/mol. The summed E-state index contributed by atoms with van der Waals surface area (Å²) in [6.45, 7) is 0.382. The van der Waals surface area contributed by atoms with Crippen LogP contribution in [0.15, 0.2) is 37.0 Å². The summed E-state index contributed by atoms with van der Waals surface area (Å²) >= 11 is 1.01. The number of unbranched alkanes of at least 4 members (excludes halogenated alkanes) is 5. The number of aliphatic hydroxyl groups excluding tert-OH is 2. The van der Waals surface area contributed by atoms with Crippen LogP contribution in [0.25, 0.3) is 11.2 Å². The van der Waals surface area contributed by atoms with Gasteiger partial charge in [0.2, 0.25) is 16.9 Å². The lowest BCUT2D eigenvalue weighted by Gasteiger charge is -2.30. The molecule has 3 heterocycles. The Hall–Kier alpha value is -3.49. The fourth-order valence-electron chi connectivity index (χ4n) is 5.57. The molecule has 0 aliphatic carbocycles. The summed E-state index contributed by atoms with van der Waals surface area (Å²) in [4.78, 5) is 98.3. The van der Waals surface area contributed by atoms with Gasteiger partial charge in [-0.2, -0.15) is 4.31 Å². The number of allylic oxidation sites excluding steroid dienone is 2. The summed E-state index contributed by atoms with van der Waals surface area (Å²) in [6, 6.07) is 0. The lowest BCUT2D eigenvalue weighted by molar-refractivity contribution is -0.137. The van der Waals surface area contributed by atoms with Gasteiger partial charge < -0.3 is 56.0 Å². The molecule has 354 valence electrons. The van der Waals surface area contributed by atoms with Crippen molar-refractivity contribution in [3.05, 3.63) is 37.0 Å². The van der Waals surface area contributed by atoms with Crippen molar-refractivity contribution in [2.75, 3.05) is 37.8 Å². The minimum atomic E-state index is -5.59. The predicted octanol–water partition coefficient (Wildman–Crippen LogP) is 1.20. The number of phosphoric ester groups is 3. The fraction of sp³-hybridized carbons (Fsp3) is 0.606. The van der Waals surface area contributed by atoms with Crippen molar-refractivity contribution >= 4 is 75.1 Å². The van der Waals surface area contributed by atoms with E-state index in [1.54, 1.807) is 12.2 Å². The van der Waals surface area contributed by atoms with Gasteiger partial charge in [0.05, 0.1) is 19.5 Å². The number of fused-ring (bicyclic) bond motifs is 1. The number of ether oxygens (including phenoxy) is 1. The van der Waals surface area contributed by atoms with Gasteiger partial charge in [-0.25, -0.2) is 33.4 Å². The summed E-state index contributed by atoms with van der Waals surface area (Å²) < 4.78 is 62.2. The van der Waals surface area contributed by atoms with E-state index in [4.69, 9.17) is 24.6 Å². The van der Waals surface area contributed by atoms with Gasteiger partial charge in [0, 0.05) is 36.8 Å². The van der Waals surface area contributed by atoms with Gasteiger partial charge >= 0.3 is 29.4 Å². The first-order chi connectivity index (χ1) is 29.4. The molecule has 63 heavy (non-hydrogen) atoms. The van der Waals surface area contributed by atoms with Gasteiger partial charge in [-0.1, -0.05) is 50.6 Å². The largest absolute Gasteiger partial charge is 0.481 e. The fourth-order valence-corrected chi connectivity index (χ4v) is 9.00. The molecule has 3 rings (SSSR count). The minimum absolute atomic E-state index is 0.0236. The Bertz CT molecular complexity index is 2090. The molecule has 0 bridgehead atoms. The van der Waals surface area contributed by atoms with Crippen molar-refractivity contribution in [2.24, 2.45) is 5.41 Å². The Balaban J connectivity index is 1.38. The number of carboxylic acid groups (broad SMARTS) is 1. The number of aliphatic carboxylic acids is 1. The summed E-state index contributed by atoms with van der Waals surface area (Å²) in [5.74, 6) is -2.18. The Morgan fingerprint density at radius 2 is 1.62 bits per heavy atom. The predicted molar refractivity (Wildman–Crippen MR) is 221 cm³/mol. The second-order valence-corrected chi connectivity index (χ2v) is 19.7. The number of anilines is 1. The second kappa shape index (κ2) is 24.7. The first-order valence-corrected chi connectivity index (χ1v) is 24.5. The zero-order valence-electron chi connectivity index (χ0n) is 34.0. The lowest BCUT2D eigenvalue weighted by Crippen LogP contribution is -2.46. The SMILES string of the molecule is CC(C)(COP(=O)(O)OP(=O)(O)OCC1OC(n2cnc3c(N)ncnc32)C(O)C1OP(=O)(O)O)C(O)C(=O)NCCC(=O)NCCSC(=O)/C=C/CCCCCC/C=C/C(=O)O. The molecule has 0 aromatic carbocycles. The molecule has 0 saturated carbocycles. The van der Waals surface area contributed by atoms with Gasteiger partial charge in [-0.05, 0) is 31.8 Å². The number of nitrogens with two attached hydrogens (primary N) is 1. The van der Waals surface area contributed by atoms with E-state index in [2.05, 4.69) is 34.4 Å². The molecule has 0 spiro atoms. The normalized spacial score (nSPS) is 20.8. The van der Waals surface area contributed by atoms with Gasteiger partial charge in [0.1, 0.15) is 36.3 Å². The number of carbonyl (C=O) groups is 4. The monoisotopic (exact) mass is 975 g/mol. The molecular formula is C33H52N7O19P3S. The molecule has 11 N–H and O–H groups in total. The number of carboxylic acids is 1. The third-order valence-electron chi connectivity index (χ3n) is 8.75. The van der Waals surface area contributed by atoms with Crippen LogP contribution in [0.2, 0.25) is 0 Å². The zero-order chi connectivity index (χ0) is 47.0. The number of nitrogen functional groups attached to an aromatic ring is 1. The van der Waals surface area contributed by atoms with E-state index in [9.17, 15) is 62.7 Å². The number of aliphatic hydroxyl groups is 2. The Labute approximate surface area is 364 Å². The molecule has 26 nitrogen and oxygen atoms in total. The number of nitrogens with one attached hydrogen (secondary N) is 2. The topological polar surface area (TPSA) is 401 Å². The number of thioether (sulfide) groups is 1. The van der Waals surface area contributed by atoms with Gasteiger partial charge in [0.25, 0.3) is 0 Å². The summed E-state index contributed by atoms with van der Waals surface area (Å²) in [5, 5.41) is 34.8. The second-order valence-electron chi connectivity index (χ2n) is 14.4. The number of hydrogen-bond donors (Lipinski definition) is 10. The quantitative estimate of drug-likeness (QED) is 0.0325. The number of nitrogens with zero attached hydrogens (tertiary/aromatic N) is 4. The minimum Gasteiger partial charge on any atom is -0.478 e. The first kappa shape index (κ1) is 53.8.